The van der Waals surface area contributed by atoms with E-state index in [4.69, 9.17) is 23.8 Å². The van der Waals surface area contributed by atoms with E-state index in [0.717, 1.165) is 54.7 Å². The van der Waals surface area contributed by atoms with Gasteiger partial charge >= 0.3 is 0 Å². The molecule has 0 atom stereocenters. The Morgan fingerprint density at radius 1 is 0.810 bits per heavy atom. The van der Waals surface area contributed by atoms with E-state index in [1.807, 2.05) is 25.4 Å². The molecule has 11 heteroatoms. The summed E-state index contributed by atoms with van der Waals surface area (Å²) in [6.07, 6.45) is 1.90. The van der Waals surface area contributed by atoms with Crippen molar-refractivity contribution in [3.63, 3.8) is 0 Å². The number of nitrogens with zero attached hydrogens (tertiary/aromatic N) is 6. The zero-order valence-electron chi connectivity index (χ0n) is 27.7. The van der Waals surface area contributed by atoms with Gasteiger partial charge in [0.25, 0.3) is 0 Å². The summed E-state index contributed by atoms with van der Waals surface area (Å²) >= 11 is 0. The number of piperazine rings is 1. The maximum Gasteiger partial charge on any atom is 0.227 e. The summed E-state index contributed by atoms with van der Waals surface area (Å²) in [5.74, 6) is 1.02. The summed E-state index contributed by atoms with van der Waals surface area (Å²) in [6.45, 7) is 29.3. The average molecular weight is 613 g/mol. The SMILES string of the molecule is Cc1nc(N2CCN(c3ccc(O)cc3)CC2)nc2c1ncn2C(CO[Si](C)(C)C(C)(C)C)CO[Si](C)(C)C(C)(C)C. The third kappa shape index (κ3) is 7.01. The molecule has 0 radical (unpaired) electrons. The molecule has 1 aliphatic rings. The smallest absolute Gasteiger partial charge is 0.227 e. The van der Waals surface area contributed by atoms with E-state index in [-0.39, 0.29) is 21.9 Å². The van der Waals surface area contributed by atoms with Crippen LogP contribution in [0, 0.1) is 6.92 Å². The van der Waals surface area contributed by atoms with Crippen LogP contribution in [0.4, 0.5) is 11.6 Å². The highest BCUT2D eigenvalue weighted by molar-refractivity contribution is 6.74. The van der Waals surface area contributed by atoms with E-state index in [9.17, 15) is 5.11 Å². The number of aromatic nitrogens is 4. The maximum absolute atomic E-state index is 9.66. The molecule has 0 unspecified atom stereocenters. The van der Waals surface area contributed by atoms with Gasteiger partial charge in [-0.2, -0.15) is 4.98 Å². The van der Waals surface area contributed by atoms with Crippen LogP contribution in [0.2, 0.25) is 36.3 Å². The Kier molecular flexibility index (Phi) is 9.19. The van der Waals surface area contributed by atoms with Crippen LogP contribution >= 0.6 is 0 Å². The van der Waals surface area contributed by atoms with Gasteiger partial charge in [-0.25, -0.2) is 9.97 Å². The fourth-order valence-electron chi connectivity index (χ4n) is 4.53. The number of imidazole rings is 1. The van der Waals surface area contributed by atoms with E-state index >= 15 is 0 Å². The summed E-state index contributed by atoms with van der Waals surface area (Å²) in [4.78, 5) is 19.4. The normalized spacial score (nSPS) is 15.7. The van der Waals surface area contributed by atoms with Crippen LogP contribution in [-0.4, -0.2) is 80.7 Å². The molecule has 1 saturated heterocycles. The van der Waals surface area contributed by atoms with Crippen molar-refractivity contribution in [2.24, 2.45) is 0 Å². The van der Waals surface area contributed by atoms with Crippen LogP contribution < -0.4 is 9.80 Å². The van der Waals surface area contributed by atoms with Crippen LogP contribution in [0.3, 0.4) is 0 Å². The van der Waals surface area contributed by atoms with E-state index in [1.54, 1.807) is 12.1 Å². The number of aromatic hydroxyl groups is 1. The molecule has 0 aliphatic carbocycles. The second kappa shape index (κ2) is 11.9. The van der Waals surface area contributed by atoms with E-state index in [1.165, 1.54) is 0 Å². The van der Waals surface area contributed by atoms with Crippen molar-refractivity contribution in [3.8, 4) is 5.75 Å². The van der Waals surface area contributed by atoms with Crippen molar-refractivity contribution in [2.75, 3.05) is 49.2 Å². The Balaban J connectivity index is 1.61. The lowest BCUT2D eigenvalue weighted by molar-refractivity contribution is 0.163. The minimum absolute atomic E-state index is 0.0493. The second-order valence-electron chi connectivity index (χ2n) is 14.7. The highest BCUT2D eigenvalue weighted by Gasteiger charge is 2.40. The van der Waals surface area contributed by atoms with Crippen LogP contribution in [-0.2, 0) is 8.85 Å². The summed E-state index contributed by atoms with van der Waals surface area (Å²) in [5, 5.41) is 9.89. The summed E-state index contributed by atoms with van der Waals surface area (Å²) < 4.78 is 15.7. The lowest BCUT2D eigenvalue weighted by atomic mass is 10.2. The molecule has 232 valence electrons. The zero-order chi connectivity index (χ0) is 31.1. The van der Waals surface area contributed by atoms with Crippen molar-refractivity contribution in [3.05, 3.63) is 36.3 Å². The van der Waals surface area contributed by atoms with Gasteiger partial charge in [0.2, 0.25) is 5.95 Å². The lowest BCUT2D eigenvalue weighted by Gasteiger charge is -2.39. The molecule has 4 rings (SSSR count). The fraction of sp³-hybridized carbons (Fsp3) is 0.645. The number of rotatable bonds is 9. The molecule has 1 aromatic carbocycles. The first-order chi connectivity index (χ1) is 19.4. The molecule has 0 saturated carbocycles. The molecule has 1 aliphatic heterocycles. The molecular weight excluding hydrogens is 561 g/mol. The Morgan fingerprint density at radius 3 is 1.81 bits per heavy atom. The first-order valence-corrected chi connectivity index (χ1v) is 21.0. The molecular formula is C31H52N6O3Si2. The number of phenols is 1. The number of phenolic OH excluding ortho intramolecular Hbond substituents is 1. The number of anilines is 2. The average Bonchev–Trinajstić information content (AvgIpc) is 3.32. The molecule has 9 nitrogen and oxygen atoms in total. The number of hydrogen-bond acceptors (Lipinski definition) is 8. The zero-order valence-corrected chi connectivity index (χ0v) is 29.7. The standard InChI is InChI=1S/C31H52N6O3Si2/c1-23-27-28(34-29(33-23)36-18-16-35(17-19-36)24-12-14-26(38)15-13-24)37(22-32-27)25(20-39-41(8,9)30(2,3)4)21-40-42(10,11)31(5,6)7/h12-15,22,25,38H,16-21H2,1-11H3. The maximum atomic E-state index is 9.66. The van der Waals surface area contributed by atoms with E-state index in [0.29, 0.717) is 13.2 Å². The predicted molar refractivity (Wildman–Crippen MR) is 178 cm³/mol. The van der Waals surface area contributed by atoms with Crippen molar-refractivity contribution >= 4 is 39.4 Å². The van der Waals surface area contributed by atoms with Gasteiger partial charge in [0.1, 0.15) is 11.3 Å². The first kappa shape index (κ1) is 32.4. The van der Waals surface area contributed by atoms with Crippen molar-refractivity contribution in [2.45, 2.75) is 90.8 Å². The van der Waals surface area contributed by atoms with Gasteiger partial charge in [-0.05, 0) is 67.5 Å². The number of aryl methyl sites for hydroxylation is 1. The van der Waals surface area contributed by atoms with Crippen LogP contribution in [0.25, 0.3) is 11.2 Å². The second-order valence-corrected chi connectivity index (χ2v) is 24.3. The first-order valence-electron chi connectivity index (χ1n) is 15.2. The minimum atomic E-state index is -1.98. The van der Waals surface area contributed by atoms with Crippen molar-refractivity contribution < 1.29 is 14.0 Å². The largest absolute Gasteiger partial charge is 0.508 e. The topological polar surface area (TPSA) is 88.8 Å². The van der Waals surface area contributed by atoms with E-state index in [2.05, 4.69) is 82.1 Å². The van der Waals surface area contributed by atoms with Gasteiger partial charge < -0.3 is 28.3 Å². The molecule has 2 aromatic heterocycles. The summed E-state index contributed by atoms with van der Waals surface area (Å²) in [6, 6.07) is 7.36. The molecule has 3 aromatic rings. The quantitative estimate of drug-likeness (QED) is 0.266. The summed E-state index contributed by atoms with van der Waals surface area (Å²) in [7, 11) is -3.97. The monoisotopic (exact) mass is 612 g/mol. The molecule has 1 fully saturated rings. The van der Waals surface area contributed by atoms with Gasteiger partial charge in [-0.15, -0.1) is 0 Å². The Hall–Kier alpha value is -2.48. The Morgan fingerprint density at radius 2 is 1.31 bits per heavy atom. The number of hydrogen-bond donors (Lipinski definition) is 1. The Bertz CT molecular complexity index is 1320. The molecule has 0 bridgehead atoms. The van der Waals surface area contributed by atoms with Crippen molar-refractivity contribution in [1.29, 1.82) is 0 Å². The third-order valence-electron chi connectivity index (χ3n) is 9.64. The molecule has 3 heterocycles. The van der Waals surface area contributed by atoms with Gasteiger partial charge in [0.15, 0.2) is 22.3 Å². The number of benzene rings is 1. The summed E-state index contributed by atoms with van der Waals surface area (Å²) in [5.41, 5.74) is 3.65. The van der Waals surface area contributed by atoms with Gasteiger partial charge in [0.05, 0.1) is 31.3 Å². The molecule has 1 N–H and O–H groups in total. The van der Waals surface area contributed by atoms with Gasteiger partial charge in [0, 0.05) is 31.9 Å². The molecule has 0 spiro atoms. The van der Waals surface area contributed by atoms with Crippen LogP contribution in [0.1, 0.15) is 53.3 Å². The third-order valence-corrected chi connectivity index (χ3v) is 18.6. The minimum Gasteiger partial charge on any atom is -0.508 e. The van der Waals surface area contributed by atoms with Crippen LogP contribution in [0.15, 0.2) is 30.6 Å². The highest BCUT2D eigenvalue weighted by Crippen LogP contribution is 2.39. The van der Waals surface area contributed by atoms with Gasteiger partial charge in [-0.3, -0.25) is 0 Å². The molecule has 0 amide bonds. The number of fused-ring (bicyclic) bond motifs is 1. The van der Waals surface area contributed by atoms with Crippen molar-refractivity contribution in [1.82, 2.24) is 19.5 Å². The van der Waals surface area contributed by atoms with E-state index < -0.39 is 16.6 Å². The predicted octanol–water partition coefficient (Wildman–Crippen LogP) is 6.75. The van der Waals surface area contributed by atoms with Gasteiger partial charge in [-0.1, -0.05) is 41.5 Å². The highest BCUT2D eigenvalue weighted by atomic mass is 28.4. The fourth-order valence-corrected chi connectivity index (χ4v) is 6.61. The lowest BCUT2D eigenvalue weighted by Crippen LogP contribution is -2.47. The Labute approximate surface area is 254 Å². The van der Waals surface area contributed by atoms with Crippen LogP contribution in [0.5, 0.6) is 5.75 Å². The molecule has 42 heavy (non-hydrogen) atoms.